The lowest BCUT2D eigenvalue weighted by molar-refractivity contribution is 0.155. The fourth-order valence-electron chi connectivity index (χ4n) is 3.11. The molecule has 0 unspecified atom stereocenters. The molecule has 0 saturated carbocycles. The van der Waals surface area contributed by atoms with E-state index in [1.807, 2.05) is 44.2 Å². The van der Waals surface area contributed by atoms with Gasteiger partial charge in [-0.3, -0.25) is 4.99 Å². The molecule has 1 aromatic heterocycles. The molecule has 2 rings (SSSR count). The van der Waals surface area contributed by atoms with Gasteiger partial charge in [0, 0.05) is 60.5 Å². The van der Waals surface area contributed by atoms with Crippen molar-refractivity contribution in [1.82, 2.24) is 20.5 Å². The lowest BCUT2D eigenvalue weighted by atomic mass is 10.1. The third-order valence-electron chi connectivity index (χ3n) is 4.66. The fraction of sp³-hybridized carbons (Fsp3) is 0.684. The number of piperidine rings is 1. The van der Waals surface area contributed by atoms with E-state index in [2.05, 4.69) is 25.5 Å². The highest BCUT2D eigenvalue weighted by Gasteiger charge is 2.19. The van der Waals surface area contributed by atoms with Gasteiger partial charge in [-0.2, -0.15) is 0 Å². The Labute approximate surface area is 181 Å². The minimum Gasteiger partial charge on any atom is -0.385 e. The summed E-state index contributed by atoms with van der Waals surface area (Å²) in [6.45, 7) is 4.89. The molecule has 0 atom stereocenters. The number of rotatable bonds is 8. The first-order valence-electron chi connectivity index (χ1n) is 9.44. The van der Waals surface area contributed by atoms with Crippen molar-refractivity contribution in [2.45, 2.75) is 31.8 Å². The van der Waals surface area contributed by atoms with Gasteiger partial charge in [0.1, 0.15) is 5.82 Å². The van der Waals surface area contributed by atoms with Crippen LogP contribution in [0.4, 0.5) is 5.82 Å². The first-order valence-corrected chi connectivity index (χ1v) is 9.44. The minimum atomic E-state index is 0. The molecular weight excluding hydrogens is 455 g/mol. The lowest BCUT2D eigenvalue weighted by Gasteiger charge is -2.33. The van der Waals surface area contributed by atoms with E-state index in [1.54, 1.807) is 7.11 Å². The Hall–Kier alpha value is -1.13. The lowest BCUT2D eigenvalue weighted by Crippen LogP contribution is -2.48. The Morgan fingerprint density at radius 3 is 2.70 bits per heavy atom. The first kappa shape index (κ1) is 23.9. The maximum Gasteiger partial charge on any atom is 0.191 e. The molecule has 1 fully saturated rings. The van der Waals surface area contributed by atoms with Crippen LogP contribution in [0.1, 0.15) is 25.0 Å². The predicted molar refractivity (Wildman–Crippen MR) is 123 cm³/mol. The molecule has 0 bridgehead atoms. The van der Waals surface area contributed by atoms with Gasteiger partial charge in [-0.1, -0.05) is 6.07 Å². The van der Waals surface area contributed by atoms with E-state index < -0.39 is 0 Å². The van der Waals surface area contributed by atoms with Gasteiger partial charge < -0.3 is 25.2 Å². The molecule has 0 aromatic carbocycles. The van der Waals surface area contributed by atoms with Gasteiger partial charge in [0.15, 0.2) is 5.96 Å². The zero-order valence-corrected chi connectivity index (χ0v) is 19.4. The van der Waals surface area contributed by atoms with Crippen LogP contribution in [-0.4, -0.2) is 76.4 Å². The SMILES string of the molecule is CN=C(NCc1cccc(N(C)C)n1)NC1CCN(CCCOC)CC1.I. The highest BCUT2D eigenvalue weighted by Crippen LogP contribution is 2.11. The summed E-state index contributed by atoms with van der Waals surface area (Å²) in [5.74, 6) is 1.81. The van der Waals surface area contributed by atoms with Crippen LogP contribution in [-0.2, 0) is 11.3 Å². The van der Waals surface area contributed by atoms with Crippen LogP contribution in [0.15, 0.2) is 23.2 Å². The van der Waals surface area contributed by atoms with Crippen molar-refractivity contribution in [2.75, 3.05) is 59.4 Å². The Morgan fingerprint density at radius 1 is 1.33 bits per heavy atom. The summed E-state index contributed by atoms with van der Waals surface area (Å²) < 4.78 is 5.13. The number of aromatic nitrogens is 1. The second-order valence-corrected chi connectivity index (χ2v) is 6.91. The van der Waals surface area contributed by atoms with Gasteiger partial charge >= 0.3 is 0 Å². The molecule has 2 N–H and O–H groups in total. The van der Waals surface area contributed by atoms with E-state index in [0.717, 1.165) is 63.0 Å². The van der Waals surface area contributed by atoms with Crippen molar-refractivity contribution in [3.8, 4) is 0 Å². The molecule has 1 aliphatic heterocycles. The fourth-order valence-corrected chi connectivity index (χ4v) is 3.11. The van der Waals surface area contributed by atoms with Gasteiger partial charge in [-0.05, 0) is 31.4 Å². The average molecular weight is 490 g/mol. The summed E-state index contributed by atoms with van der Waals surface area (Å²) in [6, 6.07) is 6.55. The van der Waals surface area contributed by atoms with Gasteiger partial charge in [-0.15, -0.1) is 24.0 Å². The number of guanidine groups is 1. The highest BCUT2D eigenvalue weighted by atomic mass is 127. The average Bonchev–Trinajstić information content (AvgIpc) is 2.66. The Bertz CT molecular complexity index is 561. The van der Waals surface area contributed by atoms with Gasteiger partial charge in [0.2, 0.25) is 0 Å². The summed E-state index contributed by atoms with van der Waals surface area (Å²) in [6.07, 6.45) is 3.39. The first-order chi connectivity index (χ1) is 12.6. The van der Waals surface area contributed by atoms with Crippen LogP contribution in [0.25, 0.3) is 0 Å². The van der Waals surface area contributed by atoms with Crippen LogP contribution in [0, 0.1) is 0 Å². The van der Waals surface area contributed by atoms with Crippen molar-refractivity contribution in [3.63, 3.8) is 0 Å². The second-order valence-electron chi connectivity index (χ2n) is 6.91. The number of nitrogens with zero attached hydrogens (tertiary/aromatic N) is 4. The van der Waals surface area contributed by atoms with E-state index in [0.29, 0.717) is 12.6 Å². The zero-order chi connectivity index (χ0) is 18.8. The van der Waals surface area contributed by atoms with E-state index in [-0.39, 0.29) is 24.0 Å². The quantitative estimate of drug-likeness (QED) is 0.251. The van der Waals surface area contributed by atoms with Crippen LogP contribution in [0.3, 0.4) is 0 Å². The number of anilines is 1. The van der Waals surface area contributed by atoms with Crippen LogP contribution in [0.2, 0.25) is 0 Å². The summed E-state index contributed by atoms with van der Waals surface area (Å²) in [5.41, 5.74) is 1.01. The van der Waals surface area contributed by atoms with Gasteiger partial charge in [-0.25, -0.2) is 4.98 Å². The molecule has 1 aliphatic rings. The maximum atomic E-state index is 5.13. The van der Waals surface area contributed by atoms with E-state index in [9.17, 15) is 0 Å². The third kappa shape index (κ3) is 8.61. The van der Waals surface area contributed by atoms with Crippen LogP contribution >= 0.6 is 24.0 Å². The number of nitrogens with one attached hydrogen (secondary N) is 2. The summed E-state index contributed by atoms with van der Waals surface area (Å²) in [5, 5.41) is 6.93. The van der Waals surface area contributed by atoms with E-state index in [1.165, 1.54) is 0 Å². The van der Waals surface area contributed by atoms with Crippen LogP contribution in [0.5, 0.6) is 0 Å². The monoisotopic (exact) mass is 490 g/mol. The molecule has 0 spiro atoms. The number of pyridine rings is 1. The number of aliphatic imine (C=N–C) groups is 1. The second kappa shape index (κ2) is 13.1. The molecule has 0 radical (unpaired) electrons. The molecular formula is C19H35IN6O. The third-order valence-corrected chi connectivity index (χ3v) is 4.66. The Morgan fingerprint density at radius 2 is 2.07 bits per heavy atom. The van der Waals surface area contributed by atoms with E-state index >= 15 is 0 Å². The van der Waals surface area contributed by atoms with Crippen molar-refractivity contribution < 1.29 is 4.74 Å². The molecule has 8 heteroatoms. The van der Waals surface area contributed by atoms with Crippen molar-refractivity contribution in [1.29, 1.82) is 0 Å². The van der Waals surface area contributed by atoms with Gasteiger partial charge in [0.05, 0.1) is 12.2 Å². The standard InChI is InChI=1S/C19H34N6O.HI/c1-20-19(21-15-17-7-5-8-18(22-17)24(2)3)23-16-9-12-25(13-10-16)11-6-14-26-4;/h5,7-8,16H,6,9-15H2,1-4H3,(H2,20,21,23);1H. The summed E-state index contributed by atoms with van der Waals surface area (Å²) >= 11 is 0. The molecule has 154 valence electrons. The molecule has 2 heterocycles. The molecule has 27 heavy (non-hydrogen) atoms. The number of ether oxygens (including phenoxy) is 1. The Balaban J connectivity index is 0.00000364. The largest absolute Gasteiger partial charge is 0.385 e. The maximum absolute atomic E-state index is 5.13. The Kier molecular flexibility index (Phi) is 11.6. The van der Waals surface area contributed by atoms with Crippen molar-refractivity contribution in [2.24, 2.45) is 4.99 Å². The zero-order valence-electron chi connectivity index (χ0n) is 17.1. The number of likely N-dealkylation sites (tertiary alicyclic amines) is 1. The summed E-state index contributed by atoms with van der Waals surface area (Å²) in [4.78, 5) is 13.5. The topological polar surface area (TPSA) is 65.0 Å². The number of hydrogen-bond acceptors (Lipinski definition) is 5. The predicted octanol–water partition coefficient (Wildman–Crippen LogP) is 1.93. The molecule has 0 amide bonds. The number of halogens is 1. The normalized spacial score (nSPS) is 15.9. The van der Waals surface area contributed by atoms with Crippen molar-refractivity contribution >= 4 is 35.8 Å². The summed E-state index contributed by atoms with van der Waals surface area (Å²) in [7, 11) is 7.59. The minimum absolute atomic E-state index is 0. The molecule has 1 aromatic rings. The van der Waals surface area contributed by atoms with E-state index in [4.69, 9.17) is 4.74 Å². The molecule has 0 aliphatic carbocycles. The molecule has 7 nitrogen and oxygen atoms in total. The van der Waals surface area contributed by atoms with Crippen molar-refractivity contribution in [3.05, 3.63) is 23.9 Å². The number of hydrogen-bond donors (Lipinski definition) is 2. The van der Waals surface area contributed by atoms with Crippen LogP contribution < -0.4 is 15.5 Å². The smallest absolute Gasteiger partial charge is 0.191 e. The molecule has 1 saturated heterocycles. The number of methoxy groups -OCH3 is 1. The van der Waals surface area contributed by atoms with Gasteiger partial charge in [0.25, 0.3) is 0 Å². The highest BCUT2D eigenvalue weighted by molar-refractivity contribution is 14.0.